The van der Waals surface area contributed by atoms with Gasteiger partial charge in [0.15, 0.2) is 0 Å². The van der Waals surface area contributed by atoms with E-state index in [0.717, 1.165) is 51.1 Å². The number of hydrogen-bond acceptors (Lipinski definition) is 3. The average molecular weight is 261 g/mol. The van der Waals surface area contributed by atoms with Gasteiger partial charge in [-0.1, -0.05) is 6.07 Å². The van der Waals surface area contributed by atoms with Crippen LogP contribution in [-0.4, -0.2) is 41.8 Å². The van der Waals surface area contributed by atoms with Crippen molar-refractivity contribution in [1.29, 1.82) is 0 Å². The molecule has 1 fully saturated rings. The smallest absolute Gasteiger partial charge is 0.335 e. The molecule has 4 nitrogen and oxygen atoms in total. The van der Waals surface area contributed by atoms with Gasteiger partial charge in [-0.2, -0.15) is 0 Å². The normalized spacial score (nSPS) is 23.3. The van der Waals surface area contributed by atoms with Crippen molar-refractivity contribution in [3.63, 3.8) is 0 Å². The van der Waals surface area contributed by atoms with E-state index in [9.17, 15) is 4.79 Å². The zero-order valence-electron chi connectivity index (χ0n) is 11.0. The molecule has 0 bridgehead atoms. The second-order valence-electron chi connectivity index (χ2n) is 5.41. The Labute approximate surface area is 113 Å². The fourth-order valence-electron chi connectivity index (χ4n) is 2.98. The van der Waals surface area contributed by atoms with Gasteiger partial charge in [-0.3, -0.25) is 4.90 Å². The van der Waals surface area contributed by atoms with Crippen molar-refractivity contribution >= 4 is 5.97 Å². The third kappa shape index (κ3) is 2.80. The van der Waals surface area contributed by atoms with Gasteiger partial charge in [0.1, 0.15) is 0 Å². The van der Waals surface area contributed by atoms with E-state index in [4.69, 9.17) is 9.84 Å². The highest BCUT2D eigenvalue weighted by Gasteiger charge is 2.23. The van der Waals surface area contributed by atoms with Gasteiger partial charge in [0.05, 0.1) is 11.7 Å². The molecule has 1 unspecified atom stereocenters. The minimum atomic E-state index is -0.848. The van der Waals surface area contributed by atoms with Crippen LogP contribution in [0.5, 0.6) is 0 Å². The van der Waals surface area contributed by atoms with E-state index in [-0.39, 0.29) is 0 Å². The monoisotopic (exact) mass is 261 g/mol. The predicted octanol–water partition coefficient (Wildman–Crippen LogP) is 1.92. The summed E-state index contributed by atoms with van der Waals surface area (Å²) in [7, 11) is 0. The number of carbonyl (C=O) groups is 1. The highest BCUT2D eigenvalue weighted by atomic mass is 16.5. The van der Waals surface area contributed by atoms with Crippen molar-refractivity contribution in [2.24, 2.45) is 0 Å². The third-order valence-electron chi connectivity index (χ3n) is 4.03. The predicted molar refractivity (Wildman–Crippen MR) is 71.4 cm³/mol. The van der Waals surface area contributed by atoms with Crippen LogP contribution >= 0.6 is 0 Å². The highest BCUT2D eigenvalue weighted by Crippen LogP contribution is 2.22. The van der Waals surface area contributed by atoms with Crippen molar-refractivity contribution in [2.45, 2.75) is 31.9 Å². The van der Waals surface area contributed by atoms with Gasteiger partial charge >= 0.3 is 5.97 Å². The molecular weight excluding hydrogens is 242 g/mol. The Morgan fingerprint density at radius 1 is 1.42 bits per heavy atom. The molecule has 1 atom stereocenters. The van der Waals surface area contributed by atoms with Crippen molar-refractivity contribution < 1.29 is 14.6 Å². The summed E-state index contributed by atoms with van der Waals surface area (Å²) in [4.78, 5) is 13.4. The molecule has 1 saturated heterocycles. The van der Waals surface area contributed by atoms with Crippen molar-refractivity contribution in [3.05, 3.63) is 34.9 Å². The molecule has 102 valence electrons. The maximum absolute atomic E-state index is 11.0. The van der Waals surface area contributed by atoms with E-state index in [1.165, 1.54) is 5.56 Å². The van der Waals surface area contributed by atoms with Gasteiger partial charge in [-0.25, -0.2) is 4.79 Å². The van der Waals surface area contributed by atoms with Gasteiger partial charge in [-0.15, -0.1) is 0 Å². The van der Waals surface area contributed by atoms with Crippen LogP contribution in [0, 0.1) is 0 Å². The quantitative estimate of drug-likeness (QED) is 0.903. The SMILES string of the molecule is O=C(O)c1ccc2c(c1)CN(CC1CCCO1)CC2. The fourth-order valence-corrected chi connectivity index (χ4v) is 2.98. The summed E-state index contributed by atoms with van der Waals surface area (Å²) < 4.78 is 5.67. The number of carboxylic acids is 1. The summed E-state index contributed by atoms with van der Waals surface area (Å²) in [5, 5.41) is 9.05. The molecule has 1 N–H and O–H groups in total. The van der Waals surface area contributed by atoms with Crippen LogP contribution in [0.4, 0.5) is 0 Å². The van der Waals surface area contributed by atoms with Gasteiger partial charge < -0.3 is 9.84 Å². The summed E-state index contributed by atoms with van der Waals surface area (Å²) in [5.41, 5.74) is 2.83. The molecule has 2 aliphatic heterocycles. The topological polar surface area (TPSA) is 49.8 Å². The van der Waals surface area contributed by atoms with Crippen molar-refractivity contribution in [3.8, 4) is 0 Å². The van der Waals surface area contributed by atoms with Crippen molar-refractivity contribution in [1.82, 2.24) is 4.90 Å². The number of hydrogen-bond donors (Lipinski definition) is 1. The molecule has 19 heavy (non-hydrogen) atoms. The van der Waals surface area contributed by atoms with E-state index in [1.807, 2.05) is 12.1 Å². The summed E-state index contributed by atoms with van der Waals surface area (Å²) >= 11 is 0. The first-order valence-electron chi connectivity index (χ1n) is 6.91. The second kappa shape index (κ2) is 5.31. The Bertz CT molecular complexity index is 480. The molecule has 0 radical (unpaired) electrons. The number of carboxylic acid groups (broad SMARTS) is 1. The van der Waals surface area contributed by atoms with Crippen molar-refractivity contribution in [2.75, 3.05) is 19.7 Å². The zero-order valence-corrected chi connectivity index (χ0v) is 11.0. The third-order valence-corrected chi connectivity index (χ3v) is 4.03. The maximum Gasteiger partial charge on any atom is 0.335 e. The molecular formula is C15H19NO3. The standard InChI is InChI=1S/C15H19NO3/c17-15(18)12-4-3-11-5-6-16(9-13(11)8-12)10-14-2-1-7-19-14/h3-4,8,14H,1-2,5-7,9-10H2,(H,17,18). The Kier molecular flexibility index (Phi) is 3.53. The van der Waals surface area contributed by atoms with E-state index >= 15 is 0 Å². The van der Waals surface area contributed by atoms with Crippen LogP contribution in [0.2, 0.25) is 0 Å². The molecule has 1 aromatic rings. The van der Waals surface area contributed by atoms with Gasteiger partial charge in [-0.05, 0) is 42.5 Å². The van der Waals surface area contributed by atoms with E-state index in [2.05, 4.69) is 4.90 Å². The highest BCUT2D eigenvalue weighted by molar-refractivity contribution is 5.87. The molecule has 0 aromatic heterocycles. The first-order chi connectivity index (χ1) is 9.22. The van der Waals surface area contributed by atoms with Gasteiger partial charge in [0.25, 0.3) is 0 Å². The van der Waals surface area contributed by atoms with Crippen LogP contribution in [-0.2, 0) is 17.7 Å². The lowest BCUT2D eigenvalue weighted by atomic mass is 9.97. The van der Waals surface area contributed by atoms with Crippen LogP contribution in [0.15, 0.2) is 18.2 Å². The minimum Gasteiger partial charge on any atom is -0.478 e. The number of benzene rings is 1. The van der Waals surface area contributed by atoms with Crippen LogP contribution in [0.1, 0.15) is 34.3 Å². The average Bonchev–Trinajstić information content (AvgIpc) is 2.90. The van der Waals surface area contributed by atoms with Crippen LogP contribution in [0.25, 0.3) is 0 Å². The largest absolute Gasteiger partial charge is 0.478 e. The van der Waals surface area contributed by atoms with E-state index < -0.39 is 5.97 Å². The molecule has 2 heterocycles. The van der Waals surface area contributed by atoms with Crippen LogP contribution in [0.3, 0.4) is 0 Å². The number of aromatic carboxylic acids is 1. The lowest BCUT2D eigenvalue weighted by Gasteiger charge is -2.30. The first-order valence-corrected chi connectivity index (χ1v) is 6.91. The molecule has 0 amide bonds. The molecule has 1 aromatic carbocycles. The fraction of sp³-hybridized carbons (Fsp3) is 0.533. The van der Waals surface area contributed by atoms with E-state index in [1.54, 1.807) is 6.07 Å². The number of fused-ring (bicyclic) bond motifs is 1. The molecule has 0 saturated carbocycles. The molecule has 0 aliphatic carbocycles. The molecule has 0 spiro atoms. The Balaban J connectivity index is 1.70. The number of rotatable bonds is 3. The Hall–Kier alpha value is -1.39. The Morgan fingerprint density at radius 2 is 2.32 bits per heavy atom. The summed E-state index contributed by atoms with van der Waals surface area (Å²) in [6, 6.07) is 5.48. The number of nitrogens with zero attached hydrogens (tertiary/aromatic N) is 1. The zero-order chi connectivity index (χ0) is 13.2. The summed E-state index contributed by atoms with van der Waals surface area (Å²) in [6.07, 6.45) is 3.68. The first kappa shape index (κ1) is 12.6. The summed E-state index contributed by atoms with van der Waals surface area (Å²) in [5.74, 6) is -0.848. The Morgan fingerprint density at radius 3 is 3.05 bits per heavy atom. The number of ether oxygens (including phenoxy) is 1. The second-order valence-corrected chi connectivity index (χ2v) is 5.41. The molecule has 2 aliphatic rings. The van der Waals surface area contributed by atoms with Gasteiger partial charge in [0.2, 0.25) is 0 Å². The lowest BCUT2D eigenvalue weighted by molar-refractivity contribution is 0.0678. The van der Waals surface area contributed by atoms with E-state index in [0.29, 0.717) is 11.7 Å². The summed E-state index contributed by atoms with van der Waals surface area (Å²) in [6.45, 7) is 3.74. The molecule has 4 heteroatoms. The van der Waals surface area contributed by atoms with Gasteiger partial charge in [0, 0.05) is 26.2 Å². The van der Waals surface area contributed by atoms with Crippen LogP contribution < -0.4 is 0 Å². The minimum absolute atomic E-state index is 0.365. The lowest BCUT2D eigenvalue weighted by Crippen LogP contribution is -2.36. The molecule has 3 rings (SSSR count). The maximum atomic E-state index is 11.0.